The van der Waals surface area contributed by atoms with Crippen molar-refractivity contribution in [1.82, 2.24) is 4.47 Å². The number of rotatable bonds is 9. The van der Waals surface area contributed by atoms with Gasteiger partial charge in [0.15, 0.2) is 5.92 Å². The summed E-state index contributed by atoms with van der Waals surface area (Å²) in [6.07, 6.45) is -0.614. The van der Waals surface area contributed by atoms with Crippen molar-refractivity contribution in [1.29, 1.82) is 0 Å². The minimum absolute atomic E-state index is 0.0294. The lowest BCUT2D eigenvalue weighted by Crippen LogP contribution is -2.37. The highest BCUT2D eigenvalue weighted by Gasteiger charge is 2.39. The Kier molecular flexibility index (Phi) is 7.59. The van der Waals surface area contributed by atoms with Crippen molar-refractivity contribution in [3.05, 3.63) is 34.4 Å². The van der Waals surface area contributed by atoms with E-state index in [1.165, 1.54) is 0 Å². The van der Waals surface area contributed by atoms with Crippen molar-refractivity contribution in [2.75, 3.05) is 20.8 Å². The molecule has 164 valence electrons. The first-order valence-electron chi connectivity index (χ1n) is 8.71. The van der Waals surface area contributed by atoms with Gasteiger partial charge in [0.05, 0.1) is 36.7 Å². The SMILES string of the molecule is COC(=O)C(CC(=O)CC1CCON1S(=O)(=O)c1ccc([N+](=O)[O-])cc1)C(=O)OC. The van der Waals surface area contributed by atoms with E-state index in [0.717, 1.165) is 38.5 Å². The van der Waals surface area contributed by atoms with Gasteiger partial charge in [0.25, 0.3) is 15.7 Å². The van der Waals surface area contributed by atoms with Gasteiger partial charge in [0, 0.05) is 25.0 Å². The van der Waals surface area contributed by atoms with Crippen molar-refractivity contribution in [2.45, 2.75) is 30.2 Å². The second-order valence-corrected chi connectivity index (χ2v) is 8.11. The zero-order valence-corrected chi connectivity index (χ0v) is 17.0. The fraction of sp³-hybridized carbons (Fsp3) is 0.471. The maximum absolute atomic E-state index is 12.8. The van der Waals surface area contributed by atoms with Gasteiger partial charge < -0.3 is 9.47 Å². The van der Waals surface area contributed by atoms with Crippen LogP contribution in [0.5, 0.6) is 0 Å². The fourth-order valence-electron chi connectivity index (χ4n) is 2.90. The number of carbonyl (C=O) groups excluding carboxylic acids is 3. The summed E-state index contributed by atoms with van der Waals surface area (Å²) < 4.78 is 35.3. The molecule has 1 atom stereocenters. The summed E-state index contributed by atoms with van der Waals surface area (Å²) in [6.45, 7) is 0.0294. The average molecular weight is 444 g/mol. The van der Waals surface area contributed by atoms with Crippen molar-refractivity contribution >= 4 is 33.4 Å². The monoisotopic (exact) mass is 444 g/mol. The normalized spacial score (nSPS) is 17.0. The topological polar surface area (TPSA) is 159 Å². The van der Waals surface area contributed by atoms with Crippen LogP contribution >= 0.6 is 0 Å². The van der Waals surface area contributed by atoms with E-state index in [4.69, 9.17) is 4.84 Å². The summed E-state index contributed by atoms with van der Waals surface area (Å²) in [7, 11) is -2.07. The lowest BCUT2D eigenvalue weighted by Gasteiger charge is -2.22. The number of nitrogens with zero attached hydrogens (tertiary/aromatic N) is 2. The summed E-state index contributed by atoms with van der Waals surface area (Å²) in [5.41, 5.74) is -0.278. The number of ether oxygens (including phenoxy) is 2. The molecule has 0 N–H and O–H groups in total. The van der Waals surface area contributed by atoms with E-state index in [1.807, 2.05) is 0 Å². The van der Waals surface area contributed by atoms with Gasteiger partial charge in [-0.1, -0.05) is 4.47 Å². The number of sulfonamides is 1. The molecule has 1 unspecified atom stereocenters. The average Bonchev–Trinajstić information content (AvgIpc) is 3.19. The smallest absolute Gasteiger partial charge is 0.320 e. The molecule has 0 amide bonds. The number of esters is 2. The molecule has 1 saturated heterocycles. The van der Waals surface area contributed by atoms with Crippen LogP contribution in [0.3, 0.4) is 0 Å². The molecule has 0 spiro atoms. The molecule has 1 heterocycles. The molecule has 1 aromatic carbocycles. The third-order valence-corrected chi connectivity index (χ3v) is 6.16. The van der Waals surface area contributed by atoms with Crippen LogP contribution in [0.15, 0.2) is 29.2 Å². The van der Waals surface area contributed by atoms with E-state index in [0.29, 0.717) is 4.47 Å². The maximum Gasteiger partial charge on any atom is 0.320 e. The molecule has 0 saturated carbocycles. The number of hydrogen-bond acceptors (Lipinski definition) is 10. The first-order valence-corrected chi connectivity index (χ1v) is 10.1. The Morgan fingerprint density at radius 2 is 1.77 bits per heavy atom. The first kappa shape index (κ1) is 23.4. The summed E-state index contributed by atoms with van der Waals surface area (Å²) in [6, 6.07) is 3.35. The molecule has 2 rings (SSSR count). The highest BCUT2D eigenvalue weighted by atomic mass is 32.2. The van der Waals surface area contributed by atoms with E-state index in [2.05, 4.69) is 9.47 Å². The third-order valence-electron chi connectivity index (χ3n) is 4.42. The highest BCUT2D eigenvalue weighted by Crippen LogP contribution is 2.28. The Balaban J connectivity index is 2.14. The second kappa shape index (κ2) is 9.73. The molecule has 1 aromatic rings. The van der Waals surface area contributed by atoms with E-state index in [9.17, 15) is 32.9 Å². The number of nitro groups is 1. The van der Waals surface area contributed by atoms with E-state index in [1.54, 1.807) is 0 Å². The van der Waals surface area contributed by atoms with Crippen LogP contribution in [-0.4, -0.2) is 62.4 Å². The van der Waals surface area contributed by atoms with E-state index < -0.39 is 51.0 Å². The molecule has 1 aliphatic rings. The third kappa shape index (κ3) is 5.17. The zero-order valence-electron chi connectivity index (χ0n) is 16.2. The molecule has 13 heteroatoms. The van der Waals surface area contributed by atoms with Crippen molar-refractivity contribution in [2.24, 2.45) is 5.92 Å². The molecule has 0 bridgehead atoms. The summed E-state index contributed by atoms with van der Waals surface area (Å²) in [5.74, 6) is -3.88. The predicted molar refractivity (Wildman–Crippen MR) is 98.2 cm³/mol. The summed E-state index contributed by atoms with van der Waals surface area (Å²) in [4.78, 5) is 50.9. The van der Waals surface area contributed by atoms with Gasteiger partial charge in [-0.3, -0.25) is 29.3 Å². The fourth-order valence-corrected chi connectivity index (χ4v) is 4.37. The van der Waals surface area contributed by atoms with Crippen LogP contribution in [0.2, 0.25) is 0 Å². The Morgan fingerprint density at radius 3 is 2.27 bits per heavy atom. The summed E-state index contributed by atoms with van der Waals surface area (Å²) >= 11 is 0. The molecule has 0 radical (unpaired) electrons. The molecular formula is C17H20N2O10S. The zero-order chi connectivity index (χ0) is 22.5. The molecule has 12 nitrogen and oxygen atoms in total. The number of hydrogen-bond donors (Lipinski definition) is 0. The van der Waals surface area contributed by atoms with Gasteiger partial charge in [0.1, 0.15) is 5.78 Å². The quantitative estimate of drug-likeness (QED) is 0.228. The van der Waals surface area contributed by atoms with E-state index in [-0.39, 0.29) is 30.0 Å². The van der Waals surface area contributed by atoms with Crippen LogP contribution < -0.4 is 0 Å². The van der Waals surface area contributed by atoms with Gasteiger partial charge in [0.2, 0.25) is 0 Å². The number of benzene rings is 1. The van der Waals surface area contributed by atoms with Crippen molar-refractivity contribution in [3.63, 3.8) is 0 Å². The number of non-ortho nitro benzene ring substituents is 1. The van der Waals surface area contributed by atoms with Gasteiger partial charge >= 0.3 is 11.9 Å². The number of methoxy groups -OCH3 is 2. The highest BCUT2D eigenvalue weighted by molar-refractivity contribution is 7.89. The molecular weight excluding hydrogens is 424 g/mol. The molecule has 0 aromatic heterocycles. The van der Waals surface area contributed by atoms with Crippen LogP contribution in [-0.2, 0) is 38.7 Å². The van der Waals surface area contributed by atoms with Crippen LogP contribution in [0, 0.1) is 16.0 Å². The lowest BCUT2D eigenvalue weighted by atomic mass is 9.98. The number of hydroxylamine groups is 1. The van der Waals surface area contributed by atoms with Crippen molar-refractivity contribution in [3.8, 4) is 0 Å². The number of ketones is 1. The standard InChI is InChI=1S/C17H20N2O10S/c1-27-16(21)15(17(22)28-2)10-13(20)9-12-7-8-29-19(12)30(25,26)14-5-3-11(4-6-14)18(23)24/h3-6,12,15H,7-10H2,1-2H3. The van der Waals surface area contributed by atoms with Crippen molar-refractivity contribution < 1.29 is 42.0 Å². The lowest BCUT2D eigenvalue weighted by molar-refractivity contribution is -0.384. The Bertz CT molecular complexity index is 912. The summed E-state index contributed by atoms with van der Waals surface area (Å²) in [5, 5.41) is 10.7. The molecule has 30 heavy (non-hydrogen) atoms. The van der Waals surface area contributed by atoms with Gasteiger partial charge in [-0.05, 0) is 18.6 Å². The minimum atomic E-state index is -4.19. The van der Waals surface area contributed by atoms with Crippen LogP contribution in [0.25, 0.3) is 0 Å². The predicted octanol–water partition coefficient (Wildman–Crippen LogP) is 0.601. The maximum atomic E-state index is 12.8. The molecule has 0 aliphatic carbocycles. The molecule has 1 aliphatic heterocycles. The van der Waals surface area contributed by atoms with Gasteiger partial charge in [-0.15, -0.1) is 0 Å². The van der Waals surface area contributed by atoms with Gasteiger partial charge in [-0.2, -0.15) is 0 Å². The first-order chi connectivity index (χ1) is 14.1. The minimum Gasteiger partial charge on any atom is -0.468 e. The van der Waals surface area contributed by atoms with E-state index >= 15 is 0 Å². The largest absolute Gasteiger partial charge is 0.468 e. The Labute approximate surface area is 171 Å². The molecule has 1 fully saturated rings. The number of carbonyl (C=O) groups is 3. The van der Waals surface area contributed by atoms with Gasteiger partial charge in [-0.25, -0.2) is 8.42 Å². The Morgan fingerprint density at radius 1 is 1.20 bits per heavy atom. The van der Waals surface area contributed by atoms with Crippen LogP contribution in [0.4, 0.5) is 5.69 Å². The Hall–Kier alpha value is -2.90. The number of nitro benzene ring substituents is 1. The second-order valence-electron chi connectivity index (χ2n) is 6.33. The van der Waals surface area contributed by atoms with Crippen LogP contribution in [0.1, 0.15) is 19.3 Å². The number of Topliss-reactive ketones (excluding diaryl/α,β-unsaturated/α-hetero) is 1.